The number of fused-ring (bicyclic) bond motifs is 1. The Morgan fingerprint density at radius 2 is 2.11 bits per heavy atom. The molecular formula is C27H25ClN6O2. The highest BCUT2D eigenvalue weighted by molar-refractivity contribution is 6.32. The predicted molar refractivity (Wildman–Crippen MR) is 139 cm³/mol. The van der Waals surface area contributed by atoms with Gasteiger partial charge in [-0.1, -0.05) is 24.2 Å². The first-order valence-corrected chi connectivity index (χ1v) is 12.1. The molecule has 182 valence electrons. The quantitative estimate of drug-likeness (QED) is 0.345. The maximum Gasteiger partial charge on any atom is 0.245 e. The van der Waals surface area contributed by atoms with Gasteiger partial charge in [-0.05, 0) is 54.8 Å². The van der Waals surface area contributed by atoms with Gasteiger partial charge in [0.25, 0.3) is 0 Å². The van der Waals surface area contributed by atoms with Gasteiger partial charge >= 0.3 is 0 Å². The second kappa shape index (κ2) is 10.7. The van der Waals surface area contributed by atoms with Crippen LogP contribution in [0.5, 0.6) is 5.75 Å². The summed E-state index contributed by atoms with van der Waals surface area (Å²) in [7, 11) is 0. The number of halogens is 1. The van der Waals surface area contributed by atoms with Gasteiger partial charge in [0.05, 0.1) is 22.4 Å². The number of nitrogens with one attached hydrogen (secondary N) is 1. The molecule has 0 unspecified atom stereocenters. The van der Waals surface area contributed by atoms with E-state index in [9.17, 15) is 4.79 Å². The summed E-state index contributed by atoms with van der Waals surface area (Å²) in [6, 6.07) is 11.7. The van der Waals surface area contributed by atoms with E-state index in [0.717, 1.165) is 41.5 Å². The van der Waals surface area contributed by atoms with E-state index in [0.29, 0.717) is 28.8 Å². The number of amides is 1. The van der Waals surface area contributed by atoms with Crippen molar-refractivity contribution in [2.45, 2.75) is 25.4 Å². The molecule has 5 rings (SSSR count). The van der Waals surface area contributed by atoms with Gasteiger partial charge < -0.3 is 15.0 Å². The number of rotatable bonds is 7. The van der Waals surface area contributed by atoms with Crippen LogP contribution in [-0.2, 0) is 11.4 Å². The Bertz CT molecular complexity index is 1400. The van der Waals surface area contributed by atoms with Gasteiger partial charge in [0.1, 0.15) is 24.5 Å². The van der Waals surface area contributed by atoms with Crippen LogP contribution in [0.15, 0.2) is 74.0 Å². The minimum absolute atomic E-state index is 0.0211. The topological polar surface area (TPSA) is 93.1 Å². The van der Waals surface area contributed by atoms with E-state index < -0.39 is 0 Å². The Morgan fingerprint density at radius 1 is 1.19 bits per heavy atom. The lowest BCUT2D eigenvalue weighted by Gasteiger charge is -2.32. The number of benzene rings is 2. The fourth-order valence-electron chi connectivity index (χ4n) is 4.39. The summed E-state index contributed by atoms with van der Waals surface area (Å²) in [5.41, 5.74) is 3.49. The Hall–Kier alpha value is -4.04. The van der Waals surface area contributed by atoms with Crippen molar-refractivity contribution >= 4 is 39.9 Å². The first kappa shape index (κ1) is 23.7. The smallest absolute Gasteiger partial charge is 0.245 e. The Labute approximate surface area is 214 Å². The first-order chi connectivity index (χ1) is 17.6. The summed E-state index contributed by atoms with van der Waals surface area (Å²) in [6.45, 7) is 5.34. The van der Waals surface area contributed by atoms with E-state index in [1.54, 1.807) is 24.7 Å². The van der Waals surface area contributed by atoms with Crippen LogP contribution in [0.1, 0.15) is 30.0 Å². The summed E-state index contributed by atoms with van der Waals surface area (Å²) in [5.74, 6) is 1.46. The Morgan fingerprint density at radius 3 is 2.92 bits per heavy atom. The number of carbonyl (C=O) groups excluding carboxylic acids is 1. The van der Waals surface area contributed by atoms with Crippen molar-refractivity contribution in [3.8, 4) is 5.75 Å². The molecule has 2 aromatic carbocycles. The van der Waals surface area contributed by atoms with Crippen LogP contribution in [0.2, 0.25) is 5.02 Å². The lowest BCUT2D eigenvalue weighted by Crippen LogP contribution is -2.38. The molecule has 1 atom stereocenters. The number of anilines is 2. The monoisotopic (exact) mass is 500 g/mol. The van der Waals surface area contributed by atoms with Crippen molar-refractivity contribution in [1.29, 1.82) is 0 Å². The Kier molecular flexibility index (Phi) is 7.04. The molecule has 0 saturated carbocycles. The van der Waals surface area contributed by atoms with E-state index in [-0.39, 0.29) is 18.4 Å². The lowest BCUT2D eigenvalue weighted by molar-refractivity contribution is -0.127. The molecule has 1 aliphatic heterocycles. The molecule has 1 amide bonds. The standard InChI is InChI=1S/C27H25ClN6O2/c1-2-26(35)34-11-3-4-19(15-34)18-5-7-24-22(12-18)27(32-17-31-24)33-20-6-8-25(23(28)13-20)36-16-21-14-29-9-10-30-21/h2,5-10,12-14,17,19H,1,3-4,11,15-16H2,(H,31,32,33)/t19-/m1/s1. The van der Waals surface area contributed by atoms with E-state index in [2.05, 4.69) is 44.0 Å². The largest absolute Gasteiger partial charge is 0.486 e. The van der Waals surface area contributed by atoms with Crippen LogP contribution in [0, 0.1) is 0 Å². The van der Waals surface area contributed by atoms with Gasteiger partial charge in [-0.2, -0.15) is 0 Å². The van der Waals surface area contributed by atoms with E-state index in [4.69, 9.17) is 16.3 Å². The van der Waals surface area contributed by atoms with Gasteiger partial charge in [-0.15, -0.1) is 0 Å². The average Bonchev–Trinajstić information content (AvgIpc) is 2.93. The van der Waals surface area contributed by atoms with Crippen LogP contribution in [-0.4, -0.2) is 43.8 Å². The predicted octanol–water partition coefficient (Wildman–Crippen LogP) is 5.29. The van der Waals surface area contributed by atoms with Gasteiger partial charge in [0, 0.05) is 42.5 Å². The molecule has 1 fully saturated rings. The molecule has 36 heavy (non-hydrogen) atoms. The molecule has 0 spiro atoms. The number of piperidine rings is 1. The van der Waals surface area contributed by atoms with Crippen molar-refractivity contribution in [2.75, 3.05) is 18.4 Å². The highest BCUT2D eigenvalue weighted by Crippen LogP contribution is 2.33. The zero-order valence-corrected chi connectivity index (χ0v) is 20.4. The van der Waals surface area contributed by atoms with Crippen LogP contribution < -0.4 is 10.1 Å². The maximum atomic E-state index is 12.1. The normalized spacial score (nSPS) is 15.5. The Balaban J connectivity index is 1.35. The maximum absolute atomic E-state index is 12.1. The zero-order chi connectivity index (χ0) is 24.9. The second-order valence-electron chi connectivity index (χ2n) is 8.58. The van der Waals surface area contributed by atoms with Gasteiger partial charge in [0.2, 0.25) is 5.91 Å². The molecular weight excluding hydrogens is 476 g/mol. The molecule has 9 heteroatoms. The molecule has 1 aliphatic rings. The van der Waals surface area contributed by atoms with E-state index >= 15 is 0 Å². The van der Waals surface area contributed by atoms with Crippen molar-refractivity contribution in [1.82, 2.24) is 24.8 Å². The molecule has 1 saturated heterocycles. The molecule has 0 aliphatic carbocycles. The molecule has 4 aromatic rings. The molecule has 0 bridgehead atoms. The number of hydrogen-bond acceptors (Lipinski definition) is 7. The summed E-state index contributed by atoms with van der Waals surface area (Å²) in [6.07, 6.45) is 9.79. The first-order valence-electron chi connectivity index (χ1n) is 11.7. The summed E-state index contributed by atoms with van der Waals surface area (Å²) >= 11 is 6.49. The van der Waals surface area contributed by atoms with Crippen LogP contribution >= 0.6 is 11.6 Å². The van der Waals surface area contributed by atoms with Gasteiger partial charge in [-0.3, -0.25) is 14.8 Å². The van der Waals surface area contributed by atoms with Crippen LogP contribution in [0.25, 0.3) is 10.9 Å². The van der Waals surface area contributed by atoms with Crippen molar-refractivity contribution in [2.24, 2.45) is 0 Å². The van der Waals surface area contributed by atoms with E-state index in [1.165, 1.54) is 12.4 Å². The third-order valence-corrected chi connectivity index (χ3v) is 6.52. The molecule has 3 heterocycles. The number of hydrogen-bond donors (Lipinski definition) is 1. The summed E-state index contributed by atoms with van der Waals surface area (Å²) in [4.78, 5) is 31.1. The third-order valence-electron chi connectivity index (χ3n) is 6.23. The summed E-state index contributed by atoms with van der Waals surface area (Å²) < 4.78 is 5.79. The van der Waals surface area contributed by atoms with Crippen LogP contribution in [0.4, 0.5) is 11.5 Å². The average molecular weight is 501 g/mol. The SMILES string of the molecule is C=CC(=O)N1CCC[C@@H](c2ccc3ncnc(Nc4ccc(OCc5cnccn5)c(Cl)c4)c3c2)C1. The second-order valence-corrected chi connectivity index (χ2v) is 8.99. The molecule has 2 aromatic heterocycles. The highest BCUT2D eigenvalue weighted by atomic mass is 35.5. The number of ether oxygens (including phenoxy) is 1. The number of carbonyl (C=O) groups is 1. The van der Waals surface area contributed by atoms with Crippen LogP contribution in [0.3, 0.4) is 0 Å². The molecule has 8 nitrogen and oxygen atoms in total. The third kappa shape index (κ3) is 5.28. The fourth-order valence-corrected chi connectivity index (χ4v) is 4.63. The lowest BCUT2D eigenvalue weighted by atomic mass is 9.90. The van der Waals surface area contributed by atoms with Crippen molar-refractivity contribution in [3.63, 3.8) is 0 Å². The summed E-state index contributed by atoms with van der Waals surface area (Å²) in [5, 5.41) is 4.74. The molecule has 1 N–H and O–H groups in total. The highest BCUT2D eigenvalue weighted by Gasteiger charge is 2.24. The zero-order valence-electron chi connectivity index (χ0n) is 19.6. The number of likely N-dealkylation sites (tertiary alicyclic amines) is 1. The van der Waals surface area contributed by atoms with Gasteiger partial charge in [-0.25, -0.2) is 9.97 Å². The van der Waals surface area contributed by atoms with Crippen molar-refractivity contribution < 1.29 is 9.53 Å². The minimum atomic E-state index is -0.0211. The molecule has 0 radical (unpaired) electrons. The van der Waals surface area contributed by atoms with Gasteiger partial charge in [0.15, 0.2) is 0 Å². The van der Waals surface area contributed by atoms with E-state index in [1.807, 2.05) is 23.1 Å². The van der Waals surface area contributed by atoms with Crippen molar-refractivity contribution in [3.05, 3.63) is 90.3 Å². The minimum Gasteiger partial charge on any atom is -0.486 e. The number of aromatic nitrogens is 4. The fraction of sp³-hybridized carbons (Fsp3) is 0.222. The number of nitrogens with zero attached hydrogens (tertiary/aromatic N) is 5.